The number of aromatic nitrogens is 2. The lowest BCUT2D eigenvalue weighted by Gasteiger charge is -2.21. The SMILES string of the molecule is Cc1ccc(-n2c3ccccc3sc3c4sc5ccccc5n(C5=CC[C@@H](C)C=C5)c4ccc32)cc1. The van der Waals surface area contributed by atoms with E-state index in [9.17, 15) is 0 Å². The summed E-state index contributed by atoms with van der Waals surface area (Å²) in [4.78, 5) is 0. The molecular weight excluding hydrogens is 477 g/mol. The van der Waals surface area contributed by atoms with Crippen LogP contribution in [0.15, 0.2) is 103 Å². The molecule has 0 bridgehead atoms. The highest BCUT2D eigenvalue weighted by Crippen LogP contribution is 2.41. The molecule has 0 saturated carbocycles. The van der Waals surface area contributed by atoms with E-state index < -0.39 is 0 Å². The standard InChI is InChI=1S/C32H26N2S2/c1-21-11-15-23(16-12-21)33-25-7-3-5-9-29(25)35-31-27(33)19-20-28-32(31)36-30-10-6-4-8-26(30)34(28)24-17-13-22(2)14-18-24/h3-13,15-20,22H,14H2,1-2H3/t22-/m0/s1. The molecule has 0 N–H and O–H groups in total. The van der Waals surface area contributed by atoms with Gasteiger partial charge in [0.2, 0.25) is 0 Å². The van der Waals surface area contributed by atoms with Crippen LogP contribution in [0.1, 0.15) is 18.9 Å². The maximum atomic E-state index is 2.46. The van der Waals surface area contributed by atoms with Gasteiger partial charge in [-0.2, -0.15) is 0 Å². The Morgan fingerprint density at radius 2 is 1.25 bits per heavy atom. The van der Waals surface area contributed by atoms with Crippen molar-refractivity contribution in [3.05, 3.63) is 109 Å². The van der Waals surface area contributed by atoms with Crippen molar-refractivity contribution in [2.45, 2.75) is 20.3 Å². The van der Waals surface area contributed by atoms with Crippen LogP contribution in [-0.2, 0) is 0 Å². The maximum Gasteiger partial charge on any atom is 0.0711 e. The zero-order chi connectivity index (χ0) is 24.2. The van der Waals surface area contributed by atoms with Gasteiger partial charge >= 0.3 is 0 Å². The fourth-order valence-electron chi connectivity index (χ4n) is 5.16. The molecule has 1 aliphatic carbocycles. The largest absolute Gasteiger partial charge is 0.308 e. The Balaban J connectivity index is 1.65. The van der Waals surface area contributed by atoms with Crippen molar-refractivity contribution in [3.63, 3.8) is 0 Å². The van der Waals surface area contributed by atoms with Gasteiger partial charge in [0, 0.05) is 11.4 Å². The fraction of sp³-hybridized carbons (Fsp3) is 0.125. The van der Waals surface area contributed by atoms with Crippen LogP contribution in [0.25, 0.3) is 52.3 Å². The summed E-state index contributed by atoms with van der Waals surface area (Å²) < 4.78 is 10.1. The zero-order valence-electron chi connectivity index (χ0n) is 20.3. The molecular formula is C32H26N2S2. The van der Waals surface area contributed by atoms with E-state index in [-0.39, 0.29) is 0 Å². The van der Waals surface area contributed by atoms with E-state index in [1.54, 1.807) is 0 Å². The van der Waals surface area contributed by atoms with Crippen molar-refractivity contribution in [2.75, 3.05) is 0 Å². The first-order valence-electron chi connectivity index (χ1n) is 12.4. The summed E-state index contributed by atoms with van der Waals surface area (Å²) in [5.74, 6) is 0.585. The van der Waals surface area contributed by atoms with Crippen LogP contribution < -0.4 is 0 Å². The molecule has 4 aromatic carbocycles. The number of hydrogen-bond acceptors (Lipinski definition) is 2. The summed E-state index contributed by atoms with van der Waals surface area (Å²) in [6, 6.07) is 31.1. The Hall–Kier alpha value is -3.60. The monoisotopic (exact) mass is 502 g/mol. The maximum absolute atomic E-state index is 2.46. The predicted octanol–water partition coefficient (Wildman–Crippen LogP) is 9.88. The normalized spacial score (nSPS) is 15.7. The quantitative estimate of drug-likeness (QED) is 0.165. The van der Waals surface area contributed by atoms with Gasteiger partial charge in [-0.15, -0.1) is 22.7 Å². The molecule has 0 saturated heterocycles. The number of para-hydroxylation sites is 2. The second kappa shape index (κ2) is 8.51. The summed E-state index contributed by atoms with van der Waals surface area (Å²) in [6.45, 7) is 4.42. The van der Waals surface area contributed by atoms with Crippen molar-refractivity contribution < 1.29 is 0 Å². The highest BCUT2D eigenvalue weighted by molar-refractivity contribution is 7.32. The average molecular weight is 503 g/mol. The molecule has 2 heterocycles. The summed E-state index contributed by atoms with van der Waals surface area (Å²) in [5.41, 5.74) is 8.74. The van der Waals surface area contributed by atoms with Gasteiger partial charge in [0.1, 0.15) is 0 Å². The van der Waals surface area contributed by atoms with Crippen molar-refractivity contribution in [3.8, 4) is 5.69 Å². The predicted molar refractivity (Wildman–Crippen MR) is 159 cm³/mol. The van der Waals surface area contributed by atoms with Crippen molar-refractivity contribution in [2.24, 2.45) is 5.92 Å². The summed E-state index contributed by atoms with van der Waals surface area (Å²) in [5, 5.41) is 0. The van der Waals surface area contributed by atoms with E-state index in [1.807, 2.05) is 22.7 Å². The van der Waals surface area contributed by atoms with E-state index in [2.05, 4.69) is 126 Å². The molecule has 176 valence electrons. The summed E-state index contributed by atoms with van der Waals surface area (Å²) in [6.07, 6.45) is 8.09. The molecule has 4 heteroatoms. The number of aryl methyl sites for hydroxylation is 1. The lowest BCUT2D eigenvalue weighted by atomic mass is 10.0. The number of allylic oxidation sites excluding steroid dienone is 4. The van der Waals surface area contributed by atoms with E-state index in [0.29, 0.717) is 5.92 Å². The van der Waals surface area contributed by atoms with Gasteiger partial charge in [-0.05, 0) is 73.9 Å². The third-order valence-electron chi connectivity index (χ3n) is 7.03. The molecule has 0 unspecified atom stereocenters. The fourth-order valence-corrected chi connectivity index (χ4v) is 7.59. The van der Waals surface area contributed by atoms with Gasteiger partial charge in [0.15, 0.2) is 0 Å². The molecule has 0 spiro atoms. The minimum Gasteiger partial charge on any atom is -0.308 e. The number of benzene rings is 4. The van der Waals surface area contributed by atoms with E-state index >= 15 is 0 Å². The highest BCUT2D eigenvalue weighted by Gasteiger charge is 2.16. The lowest BCUT2D eigenvalue weighted by Crippen LogP contribution is -2.04. The molecule has 1 atom stereocenters. The lowest BCUT2D eigenvalue weighted by molar-refractivity contribution is 0.735. The van der Waals surface area contributed by atoms with Crippen LogP contribution >= 0.6 is 22.7 Å². The van der Waals surface area contributed by atoms with Crippen LogP contribution in [-0.4, -0.2) is 9.13 Å². The van der Waals surface area contributed by atoms with Gasteiger partial charge in [0.25, 0.3) is 0 Å². The molecule has 2 nitrogen and oxygen atoms in total. The molecule has 6 aromatic rings. The molecule has 7 rings (SSSR count). The average Bonchev–Trinajstić information content (AvgIpc) is 2.92. The molecule has 0 fully saturated rings. The number of fused-ring (bicyclic) bond motifs is 5. The van der Waals surface area contributed by atoms with E-state index in [0.717, 1.165) is 6.42 Å². The van der Waals surface area contributed by atoms with Crippen LogP contribution in [0, 0.1) is 12.8 Å². The third-order valence-corrected chi connectivity index (χ3v) is 9.53. The van der Waals surface area contributed by atoms with Gasteiger partial charge < -0.3 is 9.13 Å². The van der Waals surface area contributed by atoms with Crippen molar-refractivity contribution in [1.29, 1.82) is 0 Å². The first-order valence-corrected chi connectivity index (χ1v) is 14.1. The number of hydrogen-bond donors (Lipinski definition) is 0. The minimum absolute atomic E-state index is 0.585. The second-order valence-electron chi connectivity index (χ2n) is 9.61. The minimum atomic E-state index is 0.585. The molecule has 1 aliphatic rings. The number of nitrogens with zero attached hydrogens (tertiary/aromatic N) is 2. The third kappa shape index (κ3) is 3.44. The molecule has 36 heavy (non-hydrogen) atoms. The van der Waals surface area contributed by atoms with Crippen molar-refractivity contribution >= 4 is 69.2 Å². The second-order valence-corrected chi connectivity index (χ2v) is 11.7. The Kier molecular flexibility index (Phi) is 5.12. The smallest absolute Gasteiger partial charge is 0.0711 e. The zero-order valence-corrected chi connectivity index (χ0v) is 21.9. The van der Waals surface area contributed by atoms with Crippen LogP contribution in [0.4, 0.5) is 0 Å². The Morgan fingerprint density at radius 1 is 0.667 bits per heavy atom. The van der Waals surface area contributed by atoms with Gasteiger partial charge in [0.05, 0.1) is 40.9 Å². The van der Waals surface area contributed by atoms with E-state index in [4.69, 9.17) is 0 Å². The molecule has 2 aromatic heterocycles. The van der Waals surface area contributed by atoms with Crippen molar-refractivity contribution in [1.82, 2.24) is 9.13 Å². The molecule has 0 aliphatic heterocycles. The van der Waals surface area contributed by atoms with Gasteiger partial charge in [-0.25, -0.2) is 0 Å². The van der Waals surface area contributed by atoms with Crippen LogP contribution in [0.3, 0.4) is 0 Å². The highest BCUT2D eigenvalue weighted by atomic mass is 32.1. The van der Waals surface area contributed by atoms with Gasteiger partial charge in [-0.1, -0.05) is 61.0 Å². The van der Waals surface area contributed by atoms with Crippen LogP contribution in [0.2, 0.25) is 0 Å². The van der Waals surface area contributed by atoms with Gasteiger partial charge in [-0.3, -0.25) is 0 Å². The first kappa shape index (κ1) is 21.7. The Labute approximate surface area is 218 Å². The molecule has 0 amide bonds. The summed E-state index contributed by atoms with van der Waals surface area (Å²) >= 11 is 3.80. The molecule has 0 radical (unpaired) electrons. The summed E-state index contributed by atoms with van der Waals surface area (Å²) in [7, 11) is 0. The first-order chi connectivity index (χ1) is 17.7. The van der Waals surface area contributed by atoms with Crippen LogP contribution in [0.5, 0.6) is 0 Å². The number of rotatable bonds is 2. The van der Waals surface area contributed by atoms with E-state index in [1.165, 1.54) is 57.8 Å². The topological polar surface area (TPSA) is 9.86 Å². The Morgan fingerprint density at radius 3 is 1.86 bits per heavy atom. The Bertz CT molecular complexity index is 1890.